The minimum Gasteiger partial charge on any atom is -0.474 e. The van der Waals surface area contributed by atoms with Gasteiger partial charge in [-0.25, -0.2) is 24.2 Å². The largest absolute Gasteiger partial charge is 0.474 e. The van der Waals surface area contributed by atoms with E-state index < -0.39 is 4.92 Å². The molecule has 5 aromatic heterocycles. The Hall–Kier alpha value is -5.25. The monoisotopic (exact) mass is 612 g/mol. The van der Waals surface area contributed by atoms with Crippen molar-refractivity contribution in [1.29, 1.82) is 0 Å². The van der Waals surface area contributed by atoms with Gasteiger partial charge in [0.15, 0.2) is 5.82 Å². The van der Waals surface area contributed by atoms with E-state index in [2.05, 4.69) is 35.3 Å². The van der Waals surface area contributed by atoms with E-state index in [0.717, 1.165) is 61.1 Å². The molecule has 16 nitrogen and oxygen atoms in total. The predicted molar refractivity (Wildman–Crippen MR) is 163 cm³/mol. The van der Waals surface area contributed by atoms with Gasteiger partial charge in [0.05, 0.1) is 31.2 Å². The number of nitro groups is 1. The summed E-state index contributed by atoms with van der Waals surface area (Å²) in [6.45, 7) is 3.00. The van der Waals surface area contributed by atoms with Gasteiger partial charge in [0.2, 0.25) is 11.8 Å². The summed E-state index contributed by atoms with van der Waals surface area (Å²) in [5.74, 6) is 2.30. The van der Waals surface area contributed by atoms with Crippen molar-refractivity contribution in [2.75, 3.05) is 36.5 Å². The van der Waals surface area contributed by atoms with Crippen molar-refractivity contribution >= 4 is 28.6 Å². The molecule has 1 aliphatic carbocycles. The quantitative estimate of drug-likeness (QED) is 0.190. The van der Waals surface area contributed by atoms with Gasteiger partial charge in [-0.3, -0.25) is 4.98 Å². The fourth-order valence-electron chi connectivity index (χ4n) is 5.79. The number of imidazole rings is 1. The zero-order valence-electron chi connectivity index (χ0n) is 24.7. The van der Waals surface area contributed by atoms with E-state index in [1.165, 1.54) is 17.1 Å². The molecule has 0 spiro atoms. The SMILES string of the molecule is Cn1c(Cn2ncnc2-c2cnc3cc(N4CCOCC4)nc(O[C@H]4CC[C@@H](Nc5ncccn5)CC4)c3c2)cnc1[N+](=O)[O-]. The number of ether oxygens (including phenoxy) is 2. The number of nitrogens with one attached hydrogen (secondary N) is 1. The Balaban J connectivity index is 1.16. The third-order valence-electron chi connectivity index (χ3n) is 8.23. The average Bonchev–Trinajstić information content (AvgIpc) is 3.69. The molecule has 0 aromatic carbocycles. The van der Waals surface area contributed by atoms with Crippen molar-refractivity contribution in [3.05, 3.63) is 65.1 Å². The number of rotatable bonds is 9. The molecule has 1 saturated carbocycles. The third-order valence-corrected chi connectivity index (χ3v) is 8.23. The van der Waals surface area contributed by atoms with Gasteiger partial charge >= 0.3 is 5.95 Å². The van der Waals surface area contributed by atoms with Crippen LogP contribution in [0.1, 0.15) is 31.4 Å². The molecule has 45 heavy (non-hydrogen) atoms. The molecule has 0 amide bonds. The average molecular weight is 613 g/mol. The standard InChI is InChI=1S/C29H32N12O4/c1-38-21(16-33-29(38)41(42)43)17-40-26(34-18-35-40)19-13-23-24(32-15-19)14-25(39-9-11-44-12-10-39)37-27(23)45-22-5-3-20(4-6-22)36-28-30-7-2-8-31-28/h2,7-8,13-16,18,20,22H,3-6,9-12,17H2,1H3,(H,30,31,36)/t20-,22+. The van der Waals surface area contributed by atoms with Crippen LogP contribution in [0, 0.1) is 10.1 Å². The zero-order chi connectivity index (χ0) is 30.8. The van der Waals surface area contributed by atoms with Gasteiger partial charge < -0.3 is 29.8 Å². The molecule has 2 fully saturated rings. The molecule has 16 heteroatoms. The molecule has 6 heterocycles. The highest BCUT2D eigenvalue weighted by atomic mass is 16.6. The predicted octanol–water partition coefficient (Wildman–Crippen LogP) is 3.01. The number of anilines is 2. The summed E-state index contributed by atoms with van der Waals surface area (Å²) in [6.07, 6.45) is 11.7. The summed E-state index contributed by atoms with van der Waals surface area (Å²) in [6, 6.07) is 6.03. The van der Waals surface area contributed by atoms with Crippen LogP contribution >= 0.6 is 0 Å². The van der Waals surface area contributed by atoms with Crippen LogP contribution in [0.2, 0.25) is 0 Å². The van der Waals surface area contributed by atoms with Gasteiger partial charge in [0.25, 0.3) is 0 Å². The fraction of sp³-hybridized carbons (Fsp3) is 0.414. The molecule has 0 bridgehead atoms. The molecule has 0 unspecified atom stereocenters. The topological polar surface area (TPSA) is 177 Å². The Morgan fingerprint density at radius 2 is 1.84 bits per heavy atom. The lowest BCUT2D eigenvalue weighted by Gasteiger charge is -2.31. The van der Waals surface area contributed by atoms with Crippen LogP contribution < -0.4 is 15.0 Å². The van der Waals surface area contributed by atoms with E-state index in [-0.39, 0.29) is 24.6 Å². The first kappa shape index (κ1) is 28.5. The second-order valence-corrected chi connectivity index (χ2v) is 11.1. The molecular formula is C29H32N12O4. The first-order valence-corrected chi connectivity index (χ1v) is 14.9. The van der Waals surface area contributed by atoms with Crippen molar-refractivity contribution in [3.8, 4) is 17.3 Å². The van der Waals surface area contributed by atoms with Crippen molar-refractivity contribution in [1.82, 2.24) is 44.3 Å². The fourth-order valence-corrected chi connectivity index (χ4v) is 5.79. The normalized spacial score (nSPS) is 18.6. The highest BCUT2D eigenvalue weighted by molar-refractivity contribution is 5.88. The maximum absolute atomic E-state index is 11.3. The van der Waals surface area contributed by atoms with Crippen molar-refractivity contribution < 1.29 is 14.4 Å². The van der Waals surface area contributed by atoms with E-state index in [1.807, 2.05) is 12.1 Å². The van der Waals surface area contributed by atoms with E-state index in [9.17, 15) is 10.1 Å². The van der Waals surface area contributed by atoms with Crippen LogP contribution in [0.15, 0.2) is 49.3 Å². The summed E-state index contributed by atoms with van der Waals surface area (Å²) in [4.78, 5) is 39.8. The molecule has 7 rings (SSSR count). The molecular weight excluding hydrogens is 580 g/mol. The van der Waals surface area contributed by atoms with Crippen molar-refractivity contribution in [3.63, 3.8) is 0 Å². The summed E-state index contributed by atoms with van der Waals surface area (Å²) in [7, 11) is 1.61. The first-order valence-electron chi connectivity index (χ1n) is 14.9. The molecule has 1 N–H and O–H groups in total. The number of hydrogen-bond donors (Lipinski definition) is 1. The first-order chi connectivity index (χ1) is 22.0. The van der Waals surface area contributed by atoms with Crippen LogP contribution in [-0.4, -0.2) is 87.6 Å². The number of aromatic nitrogens is 9. The Morgan fingerprint density at radius 1 is 1.04 bits per heavy atom. The van der Waals surface area contributed by atoms with Gasteiger partial charge in [-0.2, -0.15) is 10.1 Å². The second kappa shape index (κ2) is 12.4. The highest BCUT2D eigenvalue weighted by Crippen LogP contribution is 2.33. The van der Waals surface area contributed by atoms with Crippen LogP contribution in [0.4, 0.5) is 17.7 Å². The summed E-state index contributed by atoms with van der Waals surface area (Å²) >= 11 is 0. The third kappa shape index (κ3) is 6.08. The minimum atomic E-state index is -0.514. The van der Waals surface area contributed by atoms with Gasteiger partial charge in [-0.05, 0) is 42.7 Å². The Morgan fingerprint density at radius 3 is 2.60 bits per heavy atom. The van der Waals surface area contributed by atoms with Crippen LogP contribution in [0.3, 0.4) is 0 Å². The van der Waals surface area contributed by atoms with Crippen LogP contribution in [-0.2, 0) is 18.3 Å². The molecule has 2 aliphatic rings. The molecule has 1 saturated heterocycles. The smallest absolute Gasteiger partial charge is 0.434 e. The number of hydrogen-bond acceptors (Lipinski definition) is 13. The minimum absolute atomic E-state index is 0.0108. The zero-order valence-corrected chi connectivity index (χ0v) is 24.7. The lowest BCUT2D eigenvalue weighted by molar-refractivity contribution is -0.396. The van der Waals surface area contributed by atoms with E-state index in [1.54, 1.807) is 36.4 Å². The molecule has 1 aliphatic heterocycles. The lowest BCUT2D eigenvalue weighted by Crippen LogP contribution is -2.37. The highest BCUT2D eigenvalue weighted by Gasteiger charge is 2.26. The van der Waals surface area contributed by atoms with Crippen LogP contribution in [0.25, 0.3) is 22.3 Å². The molecule has 5 aromatic rings. The van der Waals surface area contributed by atoms with Gasteiger partial charge in [-0.1, -0.05) is 4.98 Å². The Kier molecular flexibility index (Phi) is 7.85. The Labute approximate surface area is 257 Å². The maximum atomic E-state index is 11.3. The lowest BCUT2D eigenvalue weighted by atomic mass is 9.93. The number of morpholine rings is 1. The summed E-state index contributed by atoms with van der Waals surface area (Å²) < 4.78 is 15.3. The number of nitrogens with zero attached hydrogens (tertiary/aromatic N) is 11. The van der Waals surface area contributed by atoms with Gasteiger partial charge in [0.1, 0.15) is 36.7 Å². The Bertz CT molecular complexity index is 1800. The summed E-state index contributed by atoms with van der Waals surface area (Å²) in [5, 5.41) is 19.9. The number of fused-ring (bicyclic) bond motifs is 1. The van der Waals surface area contributed by atoms with Gasteiger partial charge in [-0.15, -0.1) is 0 Å². The van der Waals surface area contributed by atoms with Crippen molar-refractivity contribution in [2.45, 2.75) is 44.4 Å². The van der Waals surface area contributed by atoms with Crippen molar-refractivity contribution in [2.24, 2.45) is 7.05 Å². The van der Waals surface area contributed by atoms with E-state index in [4.69, 9.17) is 19.4 Å². The molecule has 0 atom stereocenters. The van der Waals surface area contributed by atoms with Crippen LogP contribution in [0.5, 0.6) is 5.88 Å². The summed E-state index contributed by atoms with van der Waals surface area (Å²) in [5.41, 5.74) is 2.10. The maximum Gasteiger partial charge on any atom is 0.434 e. The second-order valence-electron chi connectivity index (χ2n) is 11.1. The number of pyridine rings is 2. The molecule has 0 radical (unpaired) electrons. The van der Waals surface area contributed by atoms with Gasteiger partial charge in [0, 0.05) is 49.4 Å². The molecule has 232 valence electrons. The van der Waals surface area contributed by atoms with E-state index in [0.29, 0.717) is 36.6 Å². The van der Waals surface area contributed by atoms with E-state index >= 15 is 0 Å².